The second-order valence-electron chi connectivity index (χ2n) is 7.61. The highest BCUT2D eigenvalue weighted by molar-refractivity contribution is 6.30. The third-order valence-electron chi connectivity index (χ3n) is 5.35. The maximum atomic E-state index is 14.0. The number of benzene rings is 2. The van der Waals surface area contributed by atoms with Gasteiger partial charge in [0.1, 0.15) is 18.2 Å². The van der Waals surface area contributed by atoms with Crippen LogP contribution in [0.25, 0.3) is 10.9 Å². The van der Waals surface area contributed by atoms with E-state index in [2.05, 4.69) is 10.4 Å². The maximum absolute atomic E-state index is 14.0. The molecule has 0 aliphatic heterocycles. The minimum absolute atomic E-state index is 0.00961. The zero-order valence-corrected chi connectivity index (χ0v) is 17.6. The zero-order chi connectivity index (χ0) is 22.1. The number of aryl methyl sites for hydroxylation is 1. The predicted octanol–water partition coefficient (Wildman–Crippen LogP) is 3.58. The molecule has 2 amide bonds. The lowest BCUT2D eigenvalue weighted by Crippen LogP contribution is -2.43. The Morgan fingerprint density at radius 2 is 1.97 bits per heavy atom. The molecule has 1 saturated carbocycles. The minimum Gasteiger partial charge on any atom is -0.350 e. The molecule has 3 aromatic rings. The van der Waals surface area contributed by atoms with Crippen LogP contribution in [0.5, 0.6) is 0 Å². The van der Waals surface area contributed by atoms with Crippen LogP contribution < -0.4 is 5.32 Å². The third-order valence-corrected chi connectivity index (χ3v) is 5.64. The lowest BCUT2D eigenvalue weighted by molar-refractivity contribution is -0.137. The predicted molar refractivity (Wildman–Crippen MR) is 112 cm³/mol. The first-order valence-corrected chi connectivity index (χ1v) is 10.3. The van der Waals surface area contributed by atoms with Gasteiger partial charge in [-0.1, -0.05) is 29.8 Å². The van der Waals surface area contributed by atoms with Crippen molar-refractivity contribution in [3.05, 3.63) is 64.3 Å². The average Bonchev–Trinajstić information content (AvgIpc) is 3.54. The monoisotopic (exact) mass is 446 g/mol. The van der Waals surface area contributed by atoms with Crippen molar-refractivity contribution in [3.8, 4) is 0 Å². The Morgan fingerprint density at radius 1 is 1.23 bits per heavy atom. The molecule has 0 saturated heterocycles. The van der Waals surface area contributed by atoms with E-state index >= 15 is 0 Å². The van der Waals surface area contributed by atoms with Gasteiger partial charge in [-0.15, -0.1) is 0 Å². The van der Waals surface area contributed by atoms with Crippen molar-refractivity contribution in [2.24, 2.45) is 0 Å². The number of para-hydroxylation sites is 1. The van der Waals surface area contributed by atoms with E-state index in [9.17, 15) is 18.4 Å². The highest BCUT2D eigenvalue weighted by Crippen LogP contribution is 2.27. The Kier molecular flexibility index (Phi) is 5.91. The Bertz CT molecular complexity index is 1160. The van der Waals surface area contributed by atoms with Crippen molar-refractivity contribution >= 4 is 34.3 Å². The lowest BCUT2D eigenvalue weighted by Gasteiger charge is -2.22. The fraction of sp³-hybridized carbons (Fsp3) is 0.318. The maximum Gasteiger partial charge on any atom is 0.245 e. The molecule has 0 unspecified atom stereocenters. The number of amides is 2. The first kappa shape index (κ1) is 21.2. The van der Waals surface area contributed by atoms with E-state index in [1.807, 2.05) is 31.2 Å². The molecule has 4 rings (SSSR count). The van der Waals surface area contributed by atoms with E-state index in [1.54, 1.807) is 4.68 Å². The minimum atomic E-state index is -0.905. The molecule has 1 N–H and O–H groups in total. The number of rotatable bonds is 7. The van der Waals surface area contributed by atoms with E-state index in [0.29, 0.717) is 0 Å². The molecular formula is C22H21ClF2N4O2. The molecule has 9 heteroatoms. The van der Waals surface area contributed by atoms with Crippen LogP contribution in [-0.2, 0) is 22.7 Å². The van der Waals surface area contributed by atoms with Gasteiger partial charge >= 0.3 is 0 Å². The van der Waals surface area contributed by atoms with Crippen LogP contribution in [0.4, 0.5) is 8.78 Å². The van der Waals surface area contributed by atoms with Gasteiger partial charge in [0.05, 0.1) is 22.8 Å². The third kappa shape index (κ3) is 4.54. The highest BCUT2D eigenvalue weighted by atomic mass is 35.5. The van der Waals surface area contributed by atoms with Crippen molar-refractivity contribution in [3.63, 3.8) is 0 Å². The van der Waals surface area contributed by atoms with Gasteiger partial charge in [-0.2, -0.15) is 5.10 Å². The van der Waals surface area contributed by atoms with Gasteiger partial charge in [0.25, 0.3) is 0 Å². The first-order chi connectivity index (χ1) is 14.8. The molecule has 1 aromatic heterocycles. The molecule has 162 valence electrons. The summed E-state index contributed by atoms with van der Waals surface area (Å²) < 4.78 is 29.5. The molecule has 0 atom stereocenters. The van der Waals surface area contributed by atoms with Crippen molar-refractivity contribution in [1.82, 2.24) is 20.0 Å². The summed E-state index contributed by atoms with van der Waals surface area (Å²) >= 11 is 5.68. The van der Waals surface area contributed by atoms with Gasteiger partial charge in [0.15, 0.2) is 0 Å². The lowest BCUT2D eigenvalue weighted by atomic mass is 10.2. The van der Waals surface area contributed by atoms with Gasteiger partial charge in [-0.05, 0) is 38.0 Å². The van der Waals surface area contributed by atoms with Crippen LogP contribution in [0, 0.1) is 18.6 Å². The molecule has 0 spiro atoms. The Balaban J connectivity index is 1.43. The number of fused-ring (bicyclic) bond motifs is 1. The zero-order valence-electron chi connectivity index (χ0n) is 16.9. The van der Waals surface area contributed by atoms with Crippen LogP contribution in [0.15, 0.2) is 36.4 Å². The second kappa shape index (κ2) is 8.63. The second-order valence-corrected chi connectivity index (χ2v) is 8.02. The Labute approximate surface area is 182 Å². The first-order valence-electron chi connectivity index (χ1n) is 9.96. The highest BCUT2D eigenvalue weighted by Gasteiger charge is 2.34. The molecule has 2 aromatic carbocycles. The molecule has 1 aliphatic rings. The summed E-state index contributed by atoms with van der Waals surface area (Å²) in [4.78, 5) is 26.9. The fourth-order valence-corrected chi connectivity index (χ4v) is 3.75. The van der Waals surface area contributed by atoms with Crippen LogP contribution in [-0.4, -0.2) is 39.1 Å². The topological polar surface area (TPSA) is 67.2 Å². The van der Waals surface area contributed by atoms with Gasteiger partial charge in [-0.3, -0.25) is 14.3 Å². The summed E-state index contributed by atoms with van der Waals surface area (Å²) in [5.74, 6) is -2.43. The summed E-state index contributed by atoms with van der Waals surface area (Å²) in [7, 11) is 0. The molecule has 1 heterocycles. The van der Waals surface area contributed by atoms with Gasteiger partial charge in [-0.25, -0.2) is 8.78 Å². The smallest absolute Gasteiger partial charge is 0.245 e. The molecule has 6 nitrogen and oxygen atoms in total. The molecule has 1 fully saturated rings. The van der Waals surface area contributed by atoms with Crippen molar-refractivity contribution in [2.75, 3.05) is 6.54 Å². The number of halogens is 3. The largest absolute Gasteiger partial charge is 0.350 e. The van der Waals surface area contributed by atoms with Gasteiger partial charge in [0.2, 0.25) is 11.8 Å². The number of carbonyl (C=O) groups excluding carboxylic acids is 2. The summed E-state index contributed by atoms with van der Waals surface area (Å²) in [6.45, 7) is 1.34. The Hall–Kier alpha value is -3.00. The van der Waals surface area contributed by atoms with E-state index < -0.39 is 17.5 Å². The molecule has 0 radical (unpaired) electrons. The van der Waals surface area contributed by atoms with Crippen LogP contribution in [0.2, 0.25) is 5.02 Å². The molecule has 1 aliphatic carbocycles. The van der Waals surface area contributed by atoms with E-state index in [1.165, 1.54) is 4.90 Å². The van der Waals surface area contributed by atoms with E-state index in [0.717, 1.165) is 41.6 Å². The number of carbonyl (C=O) groups is 2. The molecular weight excluding hydrogens is 426 g/mol. The quantitative estimate of drug-likeness (QED) is 0.564. The SMILES string of the molecule is Cc1nn(CC(=O)N(CC(=O)NCc2c(F)ccc(Cl)c2F)C2CC2)c2ccccc12. The Morgan fingerprint density at radius 3 is 2.71 bits per heavy atom. The number of nitrogens with zero attached hydrogens (tertiary/aromatic N) is 3. The number of hydrogen-bond acceptors (Lipinski definition) is 3. The number of aromatic nitrogens is 2. The number of hydrogen-bond donors (Lipinski definition) is 1. The van der Waals surface area contributed by atoms with E-state index in [-0.39, 0.29) is 42.2 Å². The molecule has 0 bridgehead atoms. The normalized spacial score (nSPS) is 13.4. The summed E-state index contributed by atoms with van der Waals surface area (Å²) in [5, 5.41) is 7.68. The summed E-state index contributed by atoms with van der Waals surface area (Å²) in [6.07, 6.45) is 1.63. The standard InChI is InChI=1S/C22H21ClF2N4O2/c1-13-15-4-2-3-5-19(15)29(27-13)12-21(31)28(14-6-7-14)11-20(30)26-10-16-18(24)9-8-17(23)22(16)25/h2-5,8-9,14H,6-7,10-12H2,1H3,(H,26,30). The van der Waals surface area contributed by atoms with Crippen LogP contribution in [0.3, 0.4) is 0 Å². The van der Waals surface area contributed by atoms with Gasteiger partial charge in [0, 0.05) is 23.5 Å². The van der Waals surface area contributed by atoms with E-state index in [4.69, 9.17) is 11.6 Å². The molecule has 31 heavy (non-hydrogen) atoms. The van der Waals surface area contributed by atoms with Crippen LogP contribution in [0.1, 0.15) is 24.1 Å². The van der Waals surface area contributed by atoms with Crippen LogP contribution >= 0.6 is 11.6 Å². The average molecular weight is 447 g/mol. The van der Waals surface area contributed by atoms with Crippen molar-refractivity contribution in [2.45, 2.75) is 38.9 Å². The summed E-state index contributed by atoms with van der Waals surface area (Å²) in [5.41, 5.74) is 1.36. The summed E-state index contributed by atoms with van der Waals surface area (Å²) in [6, 6.07) is 9.78. The van der Waals surface area contributed by atoms with Crippen molar-refractivity contribution < 1.29 is 18.4 Å². The fourth-order valence-electron chi connectivity index (χ4n) is 3.57. The van der Waals surface area contributed by atoms with Crippen molar-refractivity contribution in [1.29, 1.82) is 0 Å². The number of nitrogens with one attached hydrogen (secondary N) is 1. The van der Waals surface area contributed by atoms with Gasteiger partial charge < -0.3 is 10.2 Å².